The average Bonchev–Trinajstić information content (AvgIpc) is 3.87. The Hall–Kier alpha value is -2.04. The summed E-state index contributed by atoms with van der Waals surface area (Å²) in [6, 6.07) is 14.4. The lowest BCUT2D eigenvalue weighted by atomic mass is 9.86. The molecule has 2 aromatic rings. The fourth-order valence-corrected chi connectivity index (χ4v) is 6.39. The Bertz CT molecular complexity index is 1010. The molecule has 0 radical (unpaired) electrons. The Morgan fingerprint density at radius 2 is 1.41 bits per heavy atom. The van der Waals surface area contributed by atoms with Gasteiger partial charge in [0.05, 0.1) is 14.2 Å². The molecule has 2 aromatic carbocycles. The number of ether oxygens (including phenoxy) is 2. The molecule has 4 heteroatoms. The molecule has 1 N–H and O–H groups in total. The first-order valence-corrected chi connectivity index (χ1v) is 14.9. The van der Waals surface area contributed by atoms with Crippen LogP contribution in [0.3, 0.4) is 0 Å². The summed E-state index contributed by atoms with van der Waals surface area (Å²) < 4.78 is 11.0. The quantitative estimate of drug-likeness (QED) is 0.416. The highest BCUT2D eigenvalue weighted by Crippen LogP contribution is 2.35. The van der Waals surface area contributed by atoms with Gasteiger partial charge in [-0.2, -0.15) is 0 Å². The van der Waals surface area contributed by atoms with Crippen molar-refractivity contribution < 1.29 is 9.47 Å². The topological polar surface area (TPSA) is 33.7 Å². The molecule has 37 heavy (non-hydrogen) atoms. The van der Waals surface area contributed by atoms with E-state index < -0.39 is 0 Å². The van der Waals surface area contributed by atoms with E-state index in [-0.39, 0.29) is 0 Å². The molecule has 0 heterocycles. The van der Waals surface area contributed by atoms with Gasteiger partial charge < -0.3 is 14.8 Å². The zero-order valence-electron chi connectivity index (χ0n) is 23.4. The molecule has 2 fully saturated rings. The van der Waals surface area contributed by atoms with Crippen LogP contribution in [-0.4, -0.2) is 50.8 Å². The maximum absolute atomic E-state index is 5.52. The van der Waals surface area contributed by atoms with Crippen LogP contribution in [-0.2, 0) is 25.7 Å². The fraction of sp³-hybridized carbons (Fsp3) is 0.636. The molecule has 4 nitrogen and oxygen atoms in total. The Morgan fingerprint density at radius 1 is 0.784 bits per heavy atom. The van der Waals surface area contributed by atoms with Gasteiger partial charge in [-0.15, -0.1) is 0 Å². The number of nitrogens with zero attached hydrogens (tertiary/aromatic N) is 1. The van der Waals surface area contributed by atoms with Crippen molar-refractivity contribution in [3.05, 3.63) is 58.7 Å². The standard InChI is InChI=1S/C18H27NO.C15H21NO/c1-3-11-19(13-14-7-8-14)16-9-10-17-15(12-16)5-4-6-18(17)20-2;1-17-15-4-2-3-12-9-13(7-8-14(12)15)16-10-11-5-6-11/h4-6,14,16H,3,7-13H2,1-2H3;2-4,11,13,16H,5-10H2,1H3. The van der Waals surface area contributed by atoms with E-state index in [0.29, 0.717) is 6.04 Å². The van der Waals surface area contributed by atoms with Crippen molar-refractivity contribution in [1.82, 2.24) is 10.2 Å². The predicted octanol–water partition coefficient (Wildman–Crippen LogP) is 6.23. The summed E-state index contributed by atoms with van der Waals surface area (Å²) in [5, 5.41) is 3.72. The first-order chi connectivity index (χ1) is 18.2. The van der Waals surface area contributed by atoms with Crippen molar-refractivity contribution in [2.75, 3.05) is 33.9 Å². The molecule has 4 aliphatic rings. The second-order valence-electron chi connectivity index (χ2n) is 11.8. The lowest BCUT2D eigenvalue weighted by Crippen LogP contribution is -2.41. The van der Waals surface area contributed by atoms with E-state index in [2.05, 4.69) is 53.5 Å². The van der Waals surface area contributed by atoms with E-state index >= 15 is 0 Å². The van der Waals surface area contributed by atoms with Crippen LogP contribution in [0, 0.1) is 11.8 Å². The molecule has 0 saturated heterocycles. The van der Waals surface area contributed by atoms with Gasteiger partial charge >= 0.3 is 0 Å². The van der Waals surface area contributed by atoms with Gasteiger partial charge in [0.1, 0.15) is 11.5 Å². The second kappa shape index (κ2) is 12.7. The summed E-state index contributed by atoms with van der Waals surface area (Å²) in [4.78, 5) is 2.76. The summed E-state index contributed by atoms with van der Waals surface area (Å²) >= 11 is 0. The first kappa shape index (κ1) is 26.6. The molecule has 0 amide bonds. The number of rotatable bonds is 10. The van der Waals surface area contributed by atoms with Crippen LogP contribution in [0.2, 0.25) is 0 Å². The molecule has 2 saturated carbocycles. The third kappa shape index (κ3) is 7.09. The Balaban J connectivity index is 0.000000153. The normalized spacial score (nSPS) is 22.5. The maximum atomic E-state index is 5.52. The number of nitrogens with one attached hydrogen (secondary N) is 1. The van der Waals surface area contributed by atoms with E-state index in [9.17, 15) is 0 Å². The number of methoxy groups -OCH3 is 2. The Morgan fingerprint density at radius 3 is 2.00 bits per heavy atom. The van der Waals surface area contributed by atoms with Crippen LogP contribution in [0.5, 0.6) is 11.5 Å². The fourth-order valence-electron chi connectivity index (χ4n) is 6.39. The smallest absolute Gasteiger partial charge is 0.122 e. The van der Waals surface area contributed by atoms with E-state index in [4.69, 9.17) is 9.47 Å². The van der Waals surface area contributed by atoms with E-state index in [1.165, 1.54) is 106 Å². The summed E-state index contributed by atoms with van der Waals surface area (Å²) in [5.41, 5.74) is 5.87. The largest absolute Gasteiger partial charge is 0.496 e. The average molecular weight is 505 g/mol. The summed E-state index contributed by atoms with van der Waals surface area (Å²) in [6.45, 7) is 6.13. The van der Waals surface area contributed by atoms with E-state index in [1.807, 2.05) is 0 Å². The highest BCUT2D eigenvalue weighted by Gasteiger charge is 2.30. The molecule has 0 aromatic heterocycles. The van der Waals surface area contributed by atoms with Crippen molar-refractivity contribution >= 4 is 0 Å². The SMILES string of the molecule is CCCN(CC1CC1)C1CCc2c(cccc2OC)C1.COc1cccc2c1CCC(NCC1CC1)C2. The van der Waals surface area contributed by atoms with Gasteiger partial charge in [0.15, 0.2) is 0 Å². The van der Waals surface area contributed by atoms with Gasteiger partial charge in [0, 0.05) is 18.6 Å². The van der Waals surface area contributed by atoms with Crippen LogP contribution < -0.4 is 14.8 Å². The highest BCUT2D eigenvalue weighted by atomic mass is 16.5. The van der Waals surface area contributed by atoms with Crippen LogP contribution in [0.4, 0.5) is 0 Å². The van der Waals surface area contributed by atoms with Gasteiger partial charge in [-0.3, -0.25) is 4.90 Å². The zero-order valence-corrected chi connectivity index (χ0v) is 23.4. The van der Waals surface area contributed by atoms with Crippen molar-refractivity contribution in [3.8, 4) is 11.5 Å². The van der Waals surface area contributed by atoms with Gasteiger partial charge in [-0.25, -0.2) is 0 Å². The lowest BCUT2D eigenvalue weighted by Gasteiger charge is -2.35. The predicted molar refractivity (Wildman–Crippen MR) is 153 cm³/mol. The number of benzene rings is 2. The van der Waals surface area contributed by atoms with E-state index in [1.54, 1.807) is 14.2 Å². The first-order valence-electron chi connectivity index (χ1n) is 14.9. The van der Waals surface area contributed by atoms with Crippen molar-refractivity contribution in [2.45, 2.75) is 89.6 Å². The van der Waals surface area contributed by atoms with Crippen LogP contribution in [0.15, 0.2) is 36.4 Å². The van der Waals surface area contributed by atoms with Gasteiger partial charge in [0.25, 0.3) is 0 Å². The van der Waals surface area contributed by atoms with Crippen molar-refractivity contribution in [3.63, 3.8) is 0 Å². The van der Waals surface area contributed by atoms with Gasteiger partial charge in [-0.05, 0) is 130 Å². The molecule has 2 unspecified atom stereocenters. The van der Waals surface area contributed by atoms with E-state index in [0.717, 1.165) is 35.8 Å². The van der Waals surface area contributed by atoms with Crippen LogP contribution in [0.25, 0.3) is 0 Å². The molecule has 2 atom stereocenters. The highest BCUT2D eigenvalue weighted by molar-refractivity contribution is 5.43. The zero-order chi connectivity index (χ0) is 25.6. The molecule has 0 aliphatic heterocycles. The third-order valence-electron chi connectivity index (χ3n) is 8.90. The minimum atomic E-state index is 0.676. The summed E-state index contributed by atoms with van der Waals surface area (Å²) in [6.07, 6.45) is 14.3. The van der Waals surface area contributed by atoms with Crippen molar-refractivity contribution in [2.24, 2.45) is 11.8 Å². The van der Waals surface area contributed by atoms with Gasteiger partial charge in [-0.1, -0.05) is 31.2 Å². The van der Waals surface area contributed by atoms with Gasteiger partial charge in [0.2, 0.25) is 0 Å². The monoisotopic (exact) mass is 504 g/mol. The lowest BCUT2D eigenvalue weighted by molar-refractivity contribution is 0.171. The molecular formula is C33H48N2O2. The van der Waals surface area contributed by atoms with Crippen LogP contribution >= 0.6 is 0 Å². The second-order valence-corrected chi connectivity index (χ2v) is 11.8. The molecule has 202 valence electrons. The molecule has 4 aliphatic carbocycles. The minimum absolute atomic E-state index is 0.676. The summed E-state index contributed by atoms with van der Waals surface area (Å²) in [7, 11) is 3.56. The molecule has 6 rings (SSSR count). The number of hydrogen-bond acceptors (Lipinski definition) is 4. The van der Waals surface area contributed by atoms with Crippen LogP contribution in [0.1, 0.15) is 74.1 Å². The Labute approximate surface area is 225 Å². The Kier molecular flexibility index (Phi) is 9.10. The number of hydrogen-bond donors (Lipinski definition) is 1. The van der Waals surface area contributed by atoms with Crippen molar-refractivity contribution in [1.29, 1.82) is 0 Å². The summed E-state index contributed by atoms with van der Waals surface area (Å²) in [5.74, 6) is 4.13. The molecule has 0 bridgehead atoms. The third-order valence-corrected chi connectivity index (χ3v) is 8.90. The molecular weight excluding hydrogens is 456 g/mol. The number of fused-ring (bicyclic) bond motifs is 2. The molecule has 0 spiro atoms. The minimum Gasteiger partial charge on any atom is -0.496 e. The maximum Gasteiger partial charge on any atom is 0.122 e.